The molecule has 0 aromatic heterocycles. The molecule has 1 rings (SSSR count). The fourth-order valence-electron chi connectivity index (χ4n) is 2.26. The molecule has 2 amide bonds. The molecule has 1 fully saturated rings. The molecule has 0 aromatic carbocycles. The Hall–Kier alpha value is -1.21. The highest BCUT2D eigenvalue weighted by atomic mass is 32.1. The molecule has 120 valence electrons. The second kappa shape index (κ2) is 8.94. The summed E-state index contributed by atoms with van der Waals surface area (Å²) in [4.78, 5) is 29.7. The number of thiocarbonyl (C=S) groups is 1. The molecule has 2 N–H and O–H groups in total. The molecule has 1 aliphatic rings. The van der Waals surface area contributed by atoms with Crippen LogP contribution in [0.15, 0.2) is 0 Å². The molecule has 7 heteroatoms. The third-order valence-electron chi connectivity index (χ3n) is 3.69. The Bertz CT molecular complexity index is 383. The van der Waals surface area contributed by atoms with Crippen molar-refractivity contribution in [3.8, 4) is 0 Å². The van der Waals surface area contributed by atoms with Crippen LogP contribution in [0.2, 0.25) is 0 Å². The van der Waals surface area contributed by atoms with Gasteiger partial charge in [0, 0.05) is 46.1 Å². The van der Waals surface area contributed by atoms with Gasteiger partial charge < -0.3 is 15.5 Å². The molecule has 1 heterocycles. The Morgan fingerprint density at radius 1 is 1.14 bits per heavy atom. The monoisotopic (exact) mass is 314 g/mol. The number of nitrogens with two attached hydrogens (primary N) is 1. The Kier molecular flexibility index (Phi) is 7.60. The molecule has 0 aliphatic carbocycles. The Morgan fingerprint density at radius 3 is 2.33 bits per heavy atom. The zero-order valence-corrected chi connectivity index (χ0v) is 13.8. The number of hydrogen-bond acceptors (Lipinski definition) is 4. The lowest BCUT2D eigenvalue weighted by Gasteiger charge is -2.22. The van der Waals surface area contributed by atoms with Gasteiger partial charge in [-0.05, 0) is 19.9 Å². The van der Waals surface area contributed by atoms with Crippen LogP contribution < -0.4 is 5.73 Å². The summed E-state index contributed by atoms with van der Waals surface area (Å²) in [5.41, 5.74) is 5.42. The summed E-state index contributed by atoms with van der Waals surface area (Å²) < 4.78 is 0. The van der Waals surface area contributed by atoms with E-state index in [4.69, 9.17) is 18.0 Å². The zero-order valence-electron chi connectivity index (χ0n) is 13.0. The molecular weight excluding hydrogens is 288 g/mol. The van der Waals surface area contributed by atoms with Gasteiger partial charge >= 0.3 is 0 Å². The molecule has 0 unspecified atom stereocenters. The second-order valence-electron chi connectivity index (χ2n) is 5.61. The predicted octanol–water partition coefficient (Wildman–Crippen LogP) is 0.0653. The number of nitrogens with zero attached hydrogens (tertiary/aromatic N) is 3. The highest BCUT2D eigenvalue weighted by Gasteiger charge is 2.19. The molecule has 0 atom stereocenters. The van der Waals surface area contributed by atoms with Crippen molar-refractivity contribution < 1.29 is 9.59 Å². The van der Waals surface area contributed by atoms with E-state index >= 15 is 0 Å². The van der Waals surface area contributed by atoms with Crippen molar-refractivity contribution >= 4 is 29.0 Å². The van der Waals surface area contributed by atoms with Gasteiger partial charge in [0.1, 0.15) is 0 Å². The Balaban J connectivity index is 2.21. The van der Waals surface area contributed by atoms with Crippen molar-refractivity contribution in [3.05, 3.63) is 0 Å². The van der Waals surface area contributed by atoms with E-state index in [2.05, 4.69) is 0 Å². The number of hydrogen-bond donors (Lipinski definition) is 1. The first-order valence-electron chi connectivity index (χ1n) is 7.38. The van der Waals surface area contributed by atoms with Crippen LogP contribution >= 0.6 is 12.2 Å². The summed E-state index contributed by atoms with van der Waals surface area (Å²) >= 11 is 4.80. The van der Waals surface area contributed by atoms with Gasteiger partial charge in [-0.3, -0.25) is 14.5 Å². The SMILES string of the molecule is CN(CCC(=O)N(C)CCC(N)=S)CC(=O)N1CCCC1. The van der Waals surface area contributed by atoms with Crippen LogP contribution in [-0.4, -0.2) is 78.3 Å². The van der Waals surface area contributed by atoms with Crippen molar-refractivity contribution in [1.29, 1.82) is 0 Å². The molecule has 0 aromatic rings. The van der Waals surface area contributed by atoms with E-state index in [0.717, 1.165) is 25.9 Å². The second-order valence-corrected chi connectivity index (χ2v) is 6.13. The molecule has 0 radical (unpaired) electrons. The highest BCUT2D eigenvalue weighted by molar-refractivity contribution is 7.80. The smallest absolute Gasteiger partial charge is 0.236 e. The number of likely N-dealkylation sites (tertiary alicyclic amines) is 1. The minimum atomic E-state index is 0.0479. The van der Waals surface area contributed by atoms with Crippen LogP contribution in [-0.2, 0) is 9.59 Å². The van der Waals surface area contributed by atoms with E-state index in [1.807, 2.05) is 16.8 Å². The largest absolute Gasteiger partial charge is 0.393 e. The number of carbonyl (C=O) groups excluding carboxylic acids is 2. The quantitative estimate of drug-likeness (QED) is 0.642. The normalized spacial score (nSPS) is 14.5. The first-order chi connectivity index (χ1) is 9.90. The van der Waals surface area contributed by atoms with Gasteiger partial charge in [-0.25, -0.2) is 0 Å². The van der Waals surface area contributed by atoms with E-state index in [1.54, 1.807) is 11.9 Å². The van der Waals surface area contributed by atoms with Gasteiger partial charge in [-0.2, -0.15) is 0 Å². The van der Waals surface area contributed by atoms with Gasteiger partial charge in [0.25, 0.3) is 0 Å². The number of likely N-dealkylation sites (N-methyl/N-ethyl adjacent to an activating group) is 1. The van der Waals surface area contributed by atoms with Gasteiger partial charge in [0.2, 0.25) is 11.8 Å². The Labute approximate surface area is 132 Å². The van der Waals surface area contributed by atoms with E-state index < -0.39 is 0 Å². The van der Waals surface area contributed by atoms with Gasteiger partial charge in [0.05, 0.1) is 11.5 Å². The summed E-state index contributed by atoms with van der Waals surface area (Å²) in [6.45, 7) is 3.24. The summed E-state index contributed by atoms with van der Waals surface area (Å²) in [5, 5.41) is 0. The van der Waals surface area contributed by atoms with E-state index in [0.29, 0.717) is 37.5 Å². The molecule has 6 nitrogen and oxygen atoms in total. The average Bonchev–Trinajstić information content (AvgIpc) is 2.96. The van der Waals surface area contributed by atoms with Gasteiger partial charge in [0.15, 0.2) is 0 Å². The number of amides is 2. The number of rotatable bonds is 8. The molecule has 21 heavy (non-hydrogen) atoms. The van der Waals surface area contributed by atoms with Gasteiger partial charge in [-0.15, -0.1) is 0 Å². The topological polar surface area (TPSA) is 69.9 Å². The van der Waals surface area contributed by atoms with Crippen LogP contribution in [0.4, 0.5) is 0 Å². The molecular formula is C14H26N4O2S. The van der Waals surface area contributed by atoms with E-state index in [9.17, 15) is 9.59 Å². The van der Waals surface area contributed by atoms with Crippen LogP contribution in [0.3, 0.4) is 0 Å². The summed E-state index contributed by atoms with van der Waals surface area (Å²) in [6, 6.07) is 0. The first-order valence-corrected chi connectivity index (χ1v) is 7.79. The summed E-state index contributed by atoms with van der Waals surface area (Å²) in [5.74, 6) is 0.205. The highest BCUT2D eigenvalue weighted by Crippen LogP contribution is 2.07. The predicted molar refractivity (Wildman–Crippen MR) is 87.0 cm³/mol. The fraction of sp³-hybridized carbons (Fsp3) is 0.786. The van der Waals surface area contributed by atoms with Crippen molar-refractivity contribution in [1.82, 2.24) is 14.7 Å². The maximum absolute atomic E-state index is 12.0. The zero-order chi connectivity index (χ0) is 15.8. The maximum atomic E-state index is 12.0. The van der Waals surface area contributed by atoms with Crippen LogP contribution in [0.5, 0.6) is 0 Å². The van der Waals surface area contributed by atoms with Crippen LogP contribution in [0.1, 0.15) is 25.7 Å². The lowest BCUT2D eigenvalue weighted by Crippen LogP contribution is -2.39. The molecule has 0 spiro atoms. The minimum Gasteiger partial charge on any atom is -0.393 e. The third-order valence-corrected chi connectivity index (χ3v) is 3.89. The maximum Gasteiger partial charge on any atom is 0.236 e. The minimum absolute atomic E-state index is 0.0479. The lowest BCUT2D eigenvalue weighted by molar-refractivity contribution is -0.133. The van der Waals surface area contributed by atoms with Crippen molar-refractivity contribution in [2.75, 3.05) is 46.8 Å². The number of carbonyl (C=O) groups is 2. The molecule has 0 saturated carbocycles. The van der Waals surface area contributed by atoms with E-state index in [1.165, 1.54) is 0 Å². The molecule has 1 aliphatic heterocycles. The van der Waals surface area contributed by atoms with Crippen LogP contribution in [0.25, 0.3) is 0 Å². The average molecular weight is 314 g/mol. The third kappa shape index (κ3) is 6.86. The van der Waals surface area contributed by atoms with Crippen molar-refractivity contribution in [2.24, 2.45) is 5.73 Å². The standard InChI is InChI=1S/C14H26N4O2S/c1-16(11-14(20)18-7-3-4-8-18)9-6-13(19)17(2)10-5-12(15)21/h3-11H2,1-2H3,(H2,15,21). The first kappa shape index (κ1) is 17.8. The molecule has 1 saturated heterocycles. The lowest BCUT2D eigenvalue weighted by atomic mass is 10.3. The van der Waals surface area contributed by atoms with Crippen LogP contribution in [0, 0.1) is 0 Å². The van der Waals surface area contributed by atoms with E-state index in [-0.39, 0.29) is 11.8 Å². The van der Waals surface area contributed by atoms with Crippen molar-refractivity contribution in [2.45, 2.75) is 25.7 Å². The summed E-state index contributed by atoms with van der Waals surface area (Å²) in [6.07, 6.45) is 3.14. The fourth-order valence-corrected chi connectivity index (χ4v) is 2.35. The van der Waals surface area contributed by atoms with Crippen molar-refractivity contribution in [3.63, 3.8) is 0 Å². The van der Waals surface area contributed by atoms with Gasteiger partial charge in [-0.1, -0.05) is 12.2 Å². The molecule has 0 bridgehead atoms. The Morgan fingerprint density at radius 2 is 1.76 bits per heavy atom. The summed E-state index contributed by atoms with van der Waals surface area (Å²) in [7, 11) is 3.62.